The predicted molar refractivity (Wildman–Crippen MR) is 91.3 cm³/mol. The first kappa shape index (κ1) is 15.4. The van der Waals surface area contributed by atoms with E-state index in [0.717, 1.165) is 40.8 Å². The molecular weight excluding hydrogens is 296 g/mol. The number of hydrogen-bond donors (Lipinski definition) is 3. The Kier molecular flexibility index (Phi) is 4.45. The van der Waals surface area contributed by atoms with E-state index in [0.29, 0.717) is 13.0 Å². The summed E-state index contributed by atoms with van der Waals surface area (Å²) in [7, 11) is 0. The third kappa shape index (κ3) is 3.31. The molecule has 0 bridgehead atoms. The van der Waals surface area contributed by atoms with Crippen LogP contribution in [0, 0.1) is 6.92 Å². The highest BCUT2D eigenvalue weighted by Gasteiger charge is 2.29. The maximum Gasteiger partial charge on any atom is 0.224 e. The number of aromatic nitrogens is 1. The van der Waals surface area contributed by atoms with Crippen LogP contribution in [0.5, 0.6) is 0 Å². The molecule has 1 aliphatic heterocycles. The summed E-state index contributed by atoms with van der Waals surface area (Å²) < 4.78 is 0. The van der Waals surface area contributed by atoms with Crippen LogP contribution in [0.3, 0.4) is 0 Å². The number of aliphatic hydroxyl groups is 1. The molecule has 0 unspecified atom stereocenters. The van der Waals surface area contributed by atoms with E-state index in [1.54, 1.807) is 0 Å². The van der Waals surface area contributed by atoms with Gasteiger partial charge < -0.3 is 15.4 Å². The van der Waals surface area contributed by atoms with Gasteiger partial charge in [0.1, 0.15) is 0 Å². The summed E-state index contributed by atoms with van der Waals surface area (Å²) in [5.41, 5.74) is 2.52. The number of thioether (sulfide) groups is 1. The quantitative estimate of drug-likeness (QED) is 0.811. The fourth-order valence-electron chi connectivity index (χ4n) is 3.02. The SMILES string of the molecule is Cc1cccc2[nH]cc(CC(=O)NCC3(O)CCSCC3)c12. The molecule has 22 heavy (non-hydrogen) atoms. The van der Waals surface area contributed by atoms with Crippen LogP contribution in [0.2, 0.25) is 0 Å². The summed E-state index contributed by atoms with van der Waals surface area (Å²) in [6.07, 6.45) is 3.76. The minimum absolute atomic E-state index is 0.0317. The zero-order chi connectivity index (χ0) is 15.6. The van der Waals surface area contributed by atoms with Crippen molar-refractivity contribution in [3.63, 3.8) is 0 Å². The largest absolute Gasteiger partial charge is 0.388 e. The smallest absolute Gasteiger partial charge is 0.224 e. The summed E-state index contributed by atoms with van der Waals surface area (Å²) in [4.78, 5) is 15.4. The third-order valence-electron chi connectivity index (χ3n) is 4.38. The molecule has 3 rings (SSSR count). The van der Waals surface area contributed by atoms with Gasteiger partial charge in [-0.25, -0.2) is 0 Å². The predicted octanol–water partition coefficient (Wildman–Crippen LogP) is 2.39. The number of carbonyl (C=O) groups is 1. The number of benzene rings is 1. The van der Waals surface area contributed by atoms with Crippen molar-refractivity contribution in [3.8, 4) is 0 Å². The maximum absolute atomic E-state index is 12.2. The first-order chi connectivity index (χ1) is 10.6. The van der Waals surface area contributed by atoms with Gasteiger partial charge in [0, 0.05) is 23.6 Å². The molecule has 1 fully saturated rings. The van der Waals surface area contributed by atoms with Crippen molar-refractivity contribution >= 4 is 28.6 Å². The molecule has 5 heteroatoms. The Balaban J connectivity index is 1.64. The second kappa shape index (κ2) is 6.34. The van der Waals surface area contributed by atoms with Crippen LogP contribution in [0.25, 0.3) is 10.9 Å². The molecule has 0 radical (unpaired) electrons. The molecule has 1 amide bonds. The van der Waals surface area contributed by atoms with Gasteiger partial charge in [-0.15, -0.1) is 0 Å². The first-order valence-corrected chi connectivity index (χ1v) is 8.85. The van der Waals surface area contributed by atoms with E-state index in [9.17, 15) is 9.90 Å². The average Bonchev–Trinajstić information content (AvgIpc) is 2.91. The molecule has 2 aromatic rings. The maximum atomic E-state index is 12.2. The number of amides is 1. The van der Waals surface area contributed by atoms with Gasteiger partial charge in [0.2, 0.25) is 5.91 Å². The van der Waals surface area contributed by atoms with E-state index in [1.165, 1.54) is 5.56 Å². The van der Waals surface area contributed by atoms with E-state index in [4.69, 9.17) is 0 Å². The van der Waals surface area contributed by atoms with E-state index in [-0.39, 0.29) is 5.91 Å². The molecule has 0 spiro atoms. The fraction of sp³-hybridized carbons (Fsp3) is 0.471. The minimum Gasteiger partial charge on any atom is -0.388 e. The molecule has 4 nitrogen and oxygen atoms in total. The standard InChI is InChI=1S/C17H22N2O2S/c1-12-3-2-4-14-16(12)13(10-18-14)9-15(20)19-11-17(21)5-7-22-8-6-17/h2-4,10,18,21H,5-9,11H2,1H3,(H,19,20). The minimum atomic E-state index is -0.725. The molecule has 0 aliphatic carbocycles. The van der Waals surface area contributed by atoms with Crippen LogP contribution in [-0.4, -0.2) is 39.6 Å². The summed E-state index contributed by atoms with van der Waals surface area (Å²) in [6, 6.07) is 6.08. The van der Waals surface area contributed by atoms with Crippen molar-refractivity contribution in [1.29, 1.82) is 0 Å². The molecule has 1 saturated heterocycles. The summed E-state index contributed by atoms with van der Waals surface area (Å²) in [5.74, 6) is 1.90. The molecule has 3 N–H and O–H groups in total. The average molecular weight is 318 g/mol. The molecule has 1 aromatic heterocycles. The van der Waals surface area contributed by atoms with Gasteiger partial charge in [-0.05, 0) is 48.5 Å². The molecule has 1 aliphatic rings. The van der Waals surface area contributed by atoms with Crippen molar-refractivity contribution < 1.29 is 9.90 Å². The monoisotopic (exact) mass is 318 g/mol. The Morgan fingerprint density at radius 2 is 2.18 bits per heavy atom. The van der Waals surface area contributed by atoms with Crippen molar-refractivity contribution in [1.82, 2.24) is 10.3 Å². The van der Waals surface area contributed by atoms with Crippen LogP contribution in [0.4, 0.5) is 0 Å². The van der Waals surface area contributed by atoms with Crippen LogP contribution >= 0.6 is 11.8 Å². The Hall–Kier alpha value is -1.46. The summed E-state index contributed by atoms with van der Waals surface area (Å²) in [6.45, 7) is 2.41. The fourth-order valence-corrected chi connectivity index (χ4v) is 4.27. The molecule has 1 aromatic carbocycles. The number of nitrogens with one attached hydrogen (secondary N) is 2. The number of fused-ring (bicyclic) bond motifs is 1. The Bertz CT molecular complexity index is 674. The van der Waals surface area contributed by atoms with Crippen molar-refractivity contribution in [2.45, 2.75) is 31.8 Å². The highest BCUT2D eigenvalue weighted by atomic mass is 32.2. The van der Waals surface area contributed by atoms with Crippen LogP contribution in [-0.2, 0) is 11.2 Å². The van der Waals surface area contributed by atoms with Crippen LogP contribution in [0.15, 0.2) is 24.4 Å². The lowest BCUT2D eigenvalue weighted by atomic mass is 9.96. The molecular formula is C17H22N2O2S. The number of rotatable bonds is 4. The first-order valence-electron chi connectivity index (χ1n) is 7.70. The number of H-pyrrole nitrogens is 1. The lowest BCUT2D eigenvalue weighted by molar-refractivity contribution is -0.121. The second-order valence-corrected chi connectivity index (χ2v) is 7.33. The summed E-state index contributed by atoms with van der Waals surface area (Å²) in [5, 5.41) is 14.5. The second-order valence-electron chi connectivity index (χ2n) is 6.10. The number of carbonyl (C=O) groups excluding carboxylic acids is 1. The van der Waals surface area contributed by atoms with Gasteiger partial charge in [-0.1, -0.05) is 12.1 Å². The van der Waals surface area contributed by atoms with E-state index < -0.39 is 5.60 Å². The highest BCUT2D eigenvalue weighted by molar-refractivity contribution is 7.99. The Morgan fingerprint density at radius 3 is 2.95 bits per heavy atom. The zero-order valence-corrected chi connectivity index (χ0v) is 13.6. The highest BCUT2D eigenvalue weighted by Crippen LogP contribution is 2.26. The van der Waals surface area contributed by atoms with Crippen molar-refractivity contribution in [3.05, 3.63) is 35.5 Å². The van der Waals surface area contributed by atoms with Gasteiger partial charge in [0.15, 0.2) is 0 Å². The molecule has 2 heterocycles. The Morgan fingerprint density at radius 1 is 1.41 bits per heavy atom. The van der Waals surface area contributed by atoms with Gasteiger partial charge in [-0.2, -0.15) is 11.8 Å². The normalized spacial score (nSPS) is 17.5. The lowest BCUT2D eigenvalue weighted by Crippen LogP contribution is -2.45. The number of hydrogen-bond acceptors (Lipinski definition) is 3. The third-order valence-corrected chi connectivity index (χ3v) is 5.37. The van der Waals surface area contributed by atoms with E-state index in [2.05, 4.69) is 23.3 Å². The van der Waals surface area contributed by atoms with E-state index >= 15 is 0 Å². The molecule has 118 valence electrons. The molecule has 0 saturated carbocycles. The number of aryl methyl sites for hydroxylation is 1. The van der Waals surface area contributed by atoms with E-state index in [1.807, 2.05) is 30.1 Å². The lowest BCUT2D eigenvalue weighted by Gasteiger charge is -2.31. The van der Waals surface area contributed by atoms with Gasteiger partial charge in [0.05, 0.1) is 12.0 Å². The topological polar surface area (TPSA) is 65.1 Å². The zero-order valence-electron chi connectivity index (χ0n) is 12.8. The van der Waals surface area contributed by atoms with Gasteiger partial charge >= 0.3 is 0 Å². The van der Waals surface area contributed by atoms with Crippen LogP contribution < -0.4 is 5.32 Å². The Labute approximate surface area is 134 Å². The summed E-state index contributed by atoms with van der Waals surface area (Å²) >= 11 is 1.86. The van der Waals surface area contributed by atoms with Crippen molar-refractivity contribution in [2.24, 2.45) is 0 Å². The van der Waals surface area contributed by atoms with Crippen LogP contribution in [0.1, 0.15) is 24.0 Å². The number of aromatic amines is 1. The molecule has 0 atom stereocenters. The van der Waals surface area contributed by atoms with Gasteiger partial charge in [-0.3, -0.25) is 4.79 Å². The van der Waals surface area contributed by atoms with Gasteiger partial charge in [0.25, 0.3) is 0 Å². The van der Waals surface area contributed by atoms with Crippen molar-refractivity contribution in [2.75, 3.05) is 18.1 Å².